The van der Waals surface area contributed by atoms with Crippen molar-refractivity contribution in [2.45, 2.75) is 57.4 Å². The molecule has 0 aliphatic carbocycles. The SMILES string of the molecule is CCCC(N)C(=O)Nc1cc(S(=O)(=O)N(CC)CC)ccc1N1CCCC1. The molecule has 0 spiro atoms. The number of sulfonamides is 1. The number of hydrogen-bond acceptors (Lipinski definition) is 5. The summed E-state index contributed by atoms with van der Waals surface area (Å²) >= 11 is 0. The Labute approximate surface area is 163 Å². The zero-order valence-electron chi connectivity index (χ0n) is 16.6. The van der Waals surface area contributed by atoms with Crippen LogP contribution >= 0.6 is 0 Å². The van der Waals surface area contributed by atoms with E-state index in [0.717, 1.165) is 38.0 Å². The average molecular weight is 397 g/mol. The van der Waals surface area contributed by atoms with Crippen LogP contribution in [0.1, 0.15) is 46.5 Å². The molecule has 1 unspecified atom stereocenters. The lowest BCUT2D eigenvalue weighted by Crippen LogP contribution is -2.36. The molecule has 0 aromatic heterocycles. The van der Waals surface area contributed by atoms with Crippen molar-refractivity contribution in [3.63, 3.8) is 0 Å². The third-order valence-electron chi connectivity index (χ3n) is 4.95. The Morgan fingerprint density at radius 2 is 1.85 bits per heavy atom. The van der Waals surface area contributed by atoms with Gasteiger partial charge in [0.15, 0.2) is 0 Å². The number of nitrogens with two attached hydrogens (primary N) is 1. The van der Waals surface area contributed by atoms with E-state index in [1.54, 1.807) is 18.2 Å². The maximum atomic E-state index is 12.9. The van der Waals surface area contributed by atoms with Crippen LogP contribution in [0.4, 0.5) is 11.4 Å². The number of nitrogens with zero attached hydrogens (tertiary/aromatic N) is 2. The number of rotatable bonds is 9. The maximum absolute atomic E-state index is 12.9. The lowest BCUT2D eigenvalue weighted by atomic mass is 10.1. The molecule has 2 rings (SSSR count). The fourth-order valence-electron chi connectivity index (χ4n) is 3.39. The summed E-state index contributed by atoms with van der Waals surface area (Å²) in [5.41, 5.74) is 7.31. The van der Waals surface area contributed by atoms with Gasteiger partial charge in [0.1, 0.15) is 0 Å². The van der Waals surface area contributed by atoms with Gasteiger partial charge >= 0.3 is 0 Å². The van der Waals surface area contributed by atoms with Crippen molar-refractivity contribution in [2.75, 3.05) is 36.4 Å². The van der Waals surface area contributed by atoms with Gasteiger partial charge in [0.05, 0.1) is 22.3 Å². The van der Waals surface area contributed by atoms with E-state index in [9.17, 15) is 13.2 Å². The smallest absolute Gasteiger partial charge is 0.243 e. The van der Waals surface area contributed by atoms with Gasteiger partial charge in [-0.1, -0.05) is 27.2 Å². The van der Waals surface area contributed by atoms with Crippen LogP contribution in [-0.4, -0.2) is 50.9 Å². The van der Waals surface area contributed by atoms with E-state index in [1.165, 1.54) is 4.31 Å². The lowest BCUT2D eigenvalue weighted by Gasteiger charge is -2.24. The first kappa shape index (κ1) is 21.7. The quantitative estimate of drug-likeness (QED) is 0.668. The molecule has 7 nitrogen and oxygen atoms in total. The van der Waals surface area contributed by atoms with Crippen LogP contribution in [0.2, 0.25) is 0 Å². The molecular weight excluding hydrogens is 364 g/mol. The van der Waals surface area contributed by atoms with Crippen molar-refractivity contribution in [3.05, 3.63) is 18.2 Å². The van der Waals surface area contributed by atoms with Crippen LogP contribution in [-0.2, 0) is 14.8 Å². The Morgan fingerprint density at radius 1 is 1.22 bits per heavy atom. The Kier molecular flexibility index (Phi) is 7.64. The summed E-state index contributed by atoms with van der Waals surface area (Å²) in [6.07, 6.45) is 3.57. The maximum Gasteiger partial charge on any atom is 0.243 e. The summed E-state index contributed by atoms with van der Waals surface area (Å²) in [6, 6.07) is 4.38. The van der Waals surface area contributed by atoms with E-state index in [1.807, 2.05) is 20.8 Å². The summed E-state index contributed by atoms with van der Waals surface area (Å²) in [5, 5.41) is 2.87. The molecule has 1 aliphatic rings. The number of nitrogens with one attached hydrogen (secondary N) is 1. The summed E-state index contributed by atoms with van der Waals surface area (Å²) in [6.45, 7) is 8.18. The van der Waals surface area contributed by atoms with Crippen molar-refractivity contribution in [2.24, 2.45) is 5.73 Å². The van der Waals surface area contributed by atoms with Crippen molar-refractivity contribution in [1.82, 2.24) is 4.31 Å². The highest BCUT2D eigenvalue weighted by Gasteiger charge is 2.25. The lowest BCUT2D eigenvalue weighted by molar-refractivity contribution is -0.117. The summed E-state index contributed by atoms with van der Waals surface area (Å²) in [5.74, 6) is -0.283. The third kappa shape index (κ3) is 5.00. The molecule has 1 fully saturated rings. The minimum absolute atomic E-state index is 0.188. The standard InChI is InChI=1S/C19H32N4O3S/c1-4-9-16(20)19(24)21-17-14-15(27(25,26)23(5-2)6-3)10-11-18(17)22-12-7-8-13-22/h10-11,14,16H,4-9,12-13,20H2,1-3H3,(H,21,24). The first-order chi connectivity index (χ1) is 12.8. The van der Waals surface area contributed by atoms with Crippen molar-refractivity contribution in [1.29, 1.82) is 0 Å². The molecule has 0 saturated carbocycles. The molecule has 8 heteroatoms. The Morgan fingerprint density at radius 3 is 2.41 bits per heavy atom. The van der Waals surface area contributed by atoms with Crippen LogP contribution in [0, 0.1) is 0 Å². The van der Waals surface area contributed by atoms with Crippen LogP contribution in [0.25, 0.3) is 0 Å². The highest BCUT2D eigenvalue weighted by Crippen LogP contribution is 2.32. The number of amides is 1. The molecule has 1 heterocycles. The van der Waals surface area contributed by atoms with Gasteiger partial charge in [-0.05, 0) is 37.5 Å². The van der Waals surface area contributed by atoms with E-state index in [2.05, 4.69) is 10.2 Å². The molecular formula is C19H32N4O3S. The van der Waals surface area contributed by atoms with Crippen LogP contribution in [0.3, 0.4) is 0 Å². The predicted octanol–water partition coefficient (Wildman–Crippen LogP) is 2.38. The summed E-state index contributed by atoms with van der Waals surface area (Å²) in [4.78, 5) is 14.8. The predicted molar refractivity (Wildman–Crippen MR) is 110 cm³/mol. The Balaban J connectivity index is 2.41. The van der Waals surface area contributed by atoms with E-state index in [4.69, 9.17) is 5.73 Å². The molecule has 27 heavy (non-hydrogen) atoms. The van der Waals surface area contributed by atoms with Gasteiger partial charge < -0.3 is 16.0 Å². The van der Waals surface area contributed by atoms with Crippen LogP contribution < -0.4 is 16.0 Å². The van der Waals surface area contributed by atoms with Gasteiger partial charge in [0.25, 0.3) is 0 Å². The second kappa shape index (κ2) is 9.52. The van der Waals surface area contributed by atoms with E-state index in [-0.39, 0.29) is 10.8 Å². The second-order valence-corrected chi connectivity index (χ2v) is 8.78. The van der Waals surface area contributed by atoms with Crippen LogP contribution in [0.5, 0.6) is 0 Å². The molecule has 152 valence electrons. The number of benzene rings is 1. The zero-order chi connectivity index (χ0) is 20.0. The van der Waals surface area contributed by atoms with Crippen LogP contribution in [0.15, 0.2) is 23.1 Å². The summed E-state index contributed by atoms with van der Waals surface area (Å²) in [7, 11) is -3.60. The molecule has 0 bridgehead atoms. The van der Waals surface area contributed by atoms with Gasteiger partial charge in [-0.25, -0.2) is 8.42 Å². The molecule has 1 aliphatic heterocycles. The Hall–Kier alpha value is -1.64. The first-order valence-electron chi connectivity index (χ1n) is 9.80. The van der Waals surface area contributed by atoms with Gasteiger partial charge in [0, 0.05) is 26.2 Å². The van der Waals surface area contributed by atoms with Crippen molar-refractivity contribution < 1.29 is 13.2 Å². The largest absolute Gasteiger partial charge is 0.370 e. The number of anilines is 2. The average Bonchev–Trinajstić information content (AvgIpc) is 3.17. The topological polar surface area (TPSA) is 95.7 Å². The first-order valence-corrected chi connectivity index (χ1v) is 11.2. The Bertz CT molecular complexity index is 741. The summed E-state index contributed by atoms with van der Waals surface area (Å²) < 4.78 is 27.2. The molecule has 1 amide bonds. The van der Waals surface area contributed by atoms with Gasteiger partial charge in [0.2, 0.25) is 15.9 Å². The fourth-order valence-corrected chi connectivity index (χ4v) is 4.87. The van der Waals surface area contributed by atoms with Crippen molar-refractivity contribution in [3.8, 4) is 0 Å². The van der Waals surface area contributed by atoms with E-state index in [0.29, 0.717) is 25.2 Å². The number of carbonyl (C=O) groups excluding carboxylic acids is 1. The highest BCUT2D eigenvalue weighted by molar-refractivity contribution is 7.89. The second-order valence-electron chi connectivity index (χ2n) is 6.85. The van der Waals surface area contributed by atoms with Gasteiger partial charge in [-0.2, -0.15) is 4.31 Å². The molecule has 0 radical (unpaired) electrons. The fraction of sp³-hybridized carbons (Fsp3) is 0.632. The third-order valence-corrected chi connectivity index (χ3v) is 7.00. The number of carbonyl (C=O) groups is 1. The zero-order valence-corrected chi connectivity index (χ0v) is 17.4. The number of hydrogen-bond donors (Lipinski definition) is 2. The normalized spacial score (nSPS) is 16.0. The molecule has 1 atom stereocenters. The molecule has 1 saturated heterocycles. The minimum Gasteiger partial charge on any atom is -0.370 e. The monoisotopic (exact) mass is 396 g/mol. The van der Waals surface area contributed by atoms with Gasteiger partial charge in [-0.3, -0.25) is 4.79 Å². The van der Waals surface area contributed by atoms with E-state index >= 15 is 0 Å². The molecule has 3 N–H and O–H groups in total. The van der Waals surface area contributed by atoms with Crippen molar-refractivity contribution >= 4 is 27.3 Å². The van der Waals surface area contributed by atoms with Gasteiger partial charge in [-0.15, -0.1) is 0 Å². The highest BCUT2D eigenvalue weighted by atomic mass is 32.2. The molecule has 1 aromatic carbocycles. The molecule has 1 aromatic rings. The van der Waals surface area contributed by atoms with E-state index < -0.39 is 16.1 Å². The minimum atomic E-state index is -3.60.